The number of hydrogen-bond donors (Lipinski definition) is 1. The number of carbonyl (C=O) groups is 2. The lowest BCUT2D eigenvalue weighted by Gasteiger charge is -2.15. The summed E-state index contributed by atoms with van der Waals surface area (Å²) in [7, 11) is 0. The molecule has 0 fully saturated rings. The molecule has 0 saturated carbocycles. The van der Waals surface area contributed by atoms with Gasteiger partial charge in [-0.3, -0.25) is 4.79 Å². The van der Waals surface area contributed by atoms with Crippen LogP contribution in [0, 0.1) is 0 Å². The summed E-state index contributed by atoms with van der Waals surface area (Å²) < 4.78 is 43.1. The van der Waals surface area contributed by atoms with Gasteiger partial charge < -0.3 is 10.1 Å². The third kappa shape index (κ3) is 4.48. The Bertz CT molecular complexity index is 747. The fourth-order valence-corrected chi connectivity index (χ4v) is 2.47. The van der Waals surface area contributed by atoms with Crippen molar-refractivity contribution in [1.82, 2.24) is 0 Å². The molecule has 1 aromatic heterocycles. The lowest BCUT2D eigenvalue weighted by molar-refractivity contribution is -0.137. The van der Waals surface area contributed by atoms with E-state index in [0.717, 1.165) is 23.5 Å². The van der Waals surface area contributed by atoms with Gasteiger partial charge >= 0.3 is 12.1 Å². The average molecular weight is 378 g/mol. The number of ether oxygens (including phenoxy) is 1. The zero-order chi connectivity index (χ0) is 17.9. The van der Waals surface area contributed by atoms with Crippen LogP contribution < -0.4 is 5.32 Å². The number of esters is 1. The van der Waals surface area contributed by atoms with Crippen molar-refractivity contribution < 1.29 is 27.5 Å². The van der Waals surface area contributed by atoms with Crippen molar-refractivity contribution in [3.05, 3.63) is 51.2 Å². The Morgan fingerprint density at radius 3 is 2.58 bits per heavy atom. The van der Waals surface area contributed by atoms with Gasteiger partial charge in [-0.15, -0.1) is 11.3 Å². The molecule has 0 bridgehead atoms. The Kier molecular flexibility index (Phi) is 5.51. The first-order valence-electron chi connectivity index (χ1n) is 6.60. The molecule has 1 unspecified atom stereocenters. The van der Waals surface area contributed by atoms with Gasteiger partial charge in [0.15, 0.2) is 6.10 Å². The molecule has 128 valence electrons. The van der Waals surface area contributed by atoms with Crippen molar-refractivity contribution in [2.24, 2.45) is 0 Å². The first-order valence-corrected chi connectivity index (χ1v) is 7.86. The maximum absolute atomic E-state index is 12.7. The van der Waals surface area contributed by atoms with Crippen LogP contribution in [-0.4, -0.2) is 18.0 Å². The van der Waals surface area contributed by atoms with E-state index in [1.165, 1.54) is 13.0 Å². The molecular formula is C15H11ClF3NO3S. The van der Waals surface area contributed by atoms with E-state index in [4.69, 9.17) is 16.3 Å². The maximum Gasteiger partial charge on any atom is 0.416 e. The molecule has 4 nitrogen and oxygen atoms in total. The molecule has 0 radical (unpaired) electrons. The molecular weight excluding hydrogens is 367 g/mol. The highest BCUT2D eigenvalue weighted by Crippen LogP contribution is 2.33. The molecule has 2 rings (SSSR count). The molecule has 1 atom stereocenters. The fraction of sp³-hybridized carbons (Fsp3) is 0.200. The molecule has 0 saturated heterocycles. The minimum absolute atomic E-state index is 0.0619. The van der Waals surface area contributed by atoms with Crippen molar-refractivity contribution in [3.8, 4) is 0 Å². The molecule has 2 aromatic rings. The van der Waals surface area contributed by atoms with Gasteiger partial charge in [-0.25, -0.2) is 4.79 Å². The van der Waals surface area contributed by atoms with Crippen molar-refractivity contribution in [3.63, 3.8) is 0 Å². The predicted octanol–water partition coefficient (Wildman–Crippen LogP) is 4.60. The number of amides is 1. The fourth-order valence-electron chi connectivity index (χ4n) is 1.70. The van der Waals surface area contributed by atoms with Crippen molar-refractivity contribution in [1.29, 1.82) is 0 Å². The smallest absolute Gasteiger partial charge is 0.416 e. The highest BCUT2D eigenvalue weighted by atomic mass is 35.5. The number of alkyl halides is 3. The predicted molar refractivity (Wildman–Crippen MR) is 84.3 cm³/mol. The SMILES string of the molecule is CC(OC(=O)c1cccs1)C(=O)Nc1cc(C(F)(F)F)ccc1Cl. The molecule has 0 aliphatic carbocycles. The zero-order valence-corrected chi connectivity index (χ0v) is 13.8. The topological polar surface area (TPSA) is 55.4 Å². The summed E-state index contributed by atoms with van der Waals surface area (Å²) in [5.74, 6) is -1.48. The number of halogens is 4. The highest BCUT2D eigenvalue weighted by molar-refractivity contribution is 7.11. The van der Waals surface area contributed by atoms with E-state index < -0.39 is 29.7 Å². The van der Waals surface area contributed by atoms with Gasteiger partial charge in [0.05, 0.1) is 16.3 Å². The van der Waals surface area contributed by atoms with Gasteiger partial charge in [0, 0.05) is 0 Å². The lowest BCUT2D eigenvalue weighted by atomic mass is 10.2. The maximum atomic E-state index is 12.7. The number of thiophene rings is 1. The summed E-state index contributed by atoms with van der Waals surface area (Å²) in [6, 6.07) is 5.73. The van der Waals surface area contributed by atoms with E-state index in [2.05, 4.69) is 5.32 Å². The van der Waals surface area contributed by atoms with Crippen LogP contribution >= 0.6 is 22.9 Å². The lowest BCUT2D eigenvalue weighted by Crippen LogP contribution is -2.30. The molecule has 1 aromatic carbocycles. The van der Waals surface area contributed by atoms with Crippen molar-refractivity contribution in [2.75, 3.05) is 5.32 Å². The first-order chi connectivity index (χ1) is 11.2. The van der Waals surface area contributed by atoms with E-state index in [9.17, 15) is 22.8 Å². The second-order valence-electron chi connectivity index (χ2n) is 4.71. The van der Waals surface area contributed by atoms with Crippen LogP contribution in [-0.2, 0) is 15.7 Å². The minimum Gasteiger partial charge on any atom is -0.448 e. The number of anilines is 1. The Morgan fingerprint density at radius 2 is 2.00 bits per heavy atom. The van der Waals surface area contributed by atoms with Gasteiger partial charge in [0.1, 0.15) is 4.88 Å². The van der Waals surface area contributed by atoms with Gasteiger partial charge in [0.25, 0.3) is 5.91 Å². The van der Waals surface area contributed by atoms with Gasteiger partial charge in [-0.2, -0.15) is 13.2 Å². The Morgan fingerprint density at radius 1 is 1.29 bits per heavy atom. The van der Waals surface area contributed by atoms with Crippen molar-refractivity contribution in [2.45, 2.75) is 19.2 Å². The molecule has 0 aliphatic rings. The summed E-state index contributed by atoms with van der Waals surface area (Å²) in [5, 5.41) is 3.84. The Labute approximate surface area is 144 Å². The Hall–Kier alpha value is -2.06. The molecule has 1 N–H and O–H groups in total. The highest BCUT2D eigenvalue weighted by Gasteiger charge is 2.31. The van der Waals surface area contributed by atoms with E-state index in [1.807, 2.05) is 0 Å². The van der Waals surface area contributed by atoms with E-state index in [0.29, 0.717) is 10.9 Å². The van der Waals surface area contributed by atoms with Crippen LogP contribution in [0.5, 0.6) is 0 Å². The van der Waals surface area contributed by atoms with Gasteiger partial charge in [-0.05, 0) is 36.6 Å². The van der Waals surface area contributed by atoms with E-state index in [-0.39, 0.29) is 10.7 Å². The molecule has 0 spiro atoms. The Balaban J connectivity index is 2.07. The standard InChI is InChI=1S/C15H11ClF3NO3S/c1-8(23-14(22)12-3-2-6-24-12)13(21)20-11-7-9(15(17,18)19)4-5-10(11)16/h2-8H,1H3,(H,20,21). The number of nitrogens with one attached hydrogen (secondary N) is 1. The zero-order valence-electron chi connectivity index (χ0n) is 12.2. The third-order valence-electron chi connectivity index (χ3n) is 2.93. The normalized spacial score (nSPS) is 12.5. The van der Waals surface area contributed by atoms with Crippen LogP contribution in [0.2, 0.25) is 5.02 Å². The summed E-state index contributed by atoms with van der Waals surface area (Å²) in [6.45, 7) is 1.31. The number of benzene rings is 1. The third-order valence-corrected chi connectivity index (χ3v) is 4.11. The second kappa shape index (κ2) is 7.23. The van der Waals surface area contributed by atoms with Crippen LogP contribution in [0.3, 0.4) is 0 Å². The van der Waals surface area contributed by atoms with Crippen molar-refractivity contribution >= 4 is 40.5 Å². The average Bonchev–Trinajstić information content (AvgIpc) is 3.02. The molecule has 1 amide bonds. The largest absolute Gasteiger partial charge is 0.448 e. The van der Waals surface area contributed by atoms with E-state index in [1.54, 1.807) is 11.4 Å². The number of hydrogen-bond acceptors (Lipinski definition) is 4. The van der Waals surface area contributed by atoms with Gasteiger partial charge in [-0.1, -0.05) is 17.7 Å². The molecule has 9 heteroatoms. The summed E-state index contributed by atoms with van der Waals surface area (Å²) in [6.07, 6.45) is -5.77. The molecule has 0 aliphatic heterocycles. The van der Waals surface area contributed by atoms with E-state index >= 15 is 0 Å². The quantitative estimate of drug-likeness (QED) is 0.792. The van der Waals surface area contributed by atoms with Crippen LogP contribution in [0.1, 0.15) is 22.2 Å². The van der Waals surface area contributed by atoms with Crippen LogP contribution in [0.15, 0.2) is 35.7 Å². The van der Waals surface area contributed by atoms with Gasteiger partial charge in [0.2, 0.25) is 0 Å². The minimum atomic E-state index is -4.57. The molecule has 24 heavy (non-hydrogen) atoms. The second-order valence-corrected chi connectivity index (χ2v) is 6.06. The summed E-state index contributed by atoms with van der Waals surface area (Å²) in [5.41, 5.74) is -1.17. The number of rotatable bonds is 4. The first kappa shape index (κ1) is 18.3. The summed E-state index contributed by atoms with van der Waals surface area (Å²) in [4.78, 5) is 24.1. The number of carbonyl (C=O) groups excluding carboxylic acids is 2. The molecule has 1 heterocycles. The van der Waals surface area contributed by atoms with Crippen LogP contribution in [0.4, 0.5) is 18.9 Å². The summed E-state index contributed by atoms with van der Waals surface area (Å²) >= 11 is 6.94. The monoisotopic (exact) mass is 377 g/mol. The van der Waals surface area contributed by atoms with Crippen LogP contribution in [0.25, 0.3) is 0 Å².